The number of aromatic nitrogens is 1. The summed E-state index contributed by atoms with van der Waals surface area (Å²) in [4.78, 5) is 14.3. The zero-order valence-electron chi connectivity index (χ0n) is 12.3. The number of ether oxygens (including phenoxy) is 2. The number of rotatable bonds is 5. The molecule has 5 nitrogen and oxygen atoms in total. The van der Waals surface area contributed by atoms with Crippen LogP contribution in [0.4, 0.5) is 13.2 Å². The van der Waals surface area contributed by atoms with Crippen molar-refractivity contribution >= 4 is 18.4 Å². The van der Waals surface area contributed by atoms with Gasteiger partial charge in [0.05, 0.1) is 5.56 Å². The van der Waals surface area contributed by atoms with E-state index in [1.807, 2.05) is 0 Å². The van der Waals surface area contributed by atoms with Gasteiger partial charge in [0.25, 0.3) is 0 Å². The summed E-state index contributed by atoms with van der Waals surface area (Å²) in [5, 5.41) is 8.73. The summed E-state index contributed by atoms with van der Waals surface area (Å²) in [6.07, 6.45) is -4.77. The lowest BCUT2D eigenvalue weighted by atomic mass is 10.3. The quantitative estimate of drug-likeness (QED) is 0.863. The number of carbonyl (C=O) groups is 1. The summed E-state index contributed by atoms with van der Waals surface area (Å²) in [6.45, 7) is 1.39. The molecule has 0 bridgehead atoms. The van der Waals surface area contributed by atoms with Crippen LogP contribution < -0.4 is 9.47 Å². The van der Waals surface area contributed by atoms with Gasteiger partial charge in [-0.3, -0.25) is 0 Å². The Balaban J connectivity index is 0.00000288. The first-order chi connectivity index (χ1) is 10.8. The fourth-order valence-corrected chi connectivity index (χ4v) is 1.57. The molecule has 0 amide bonds. The molecule has 0 radical (unpaired) electrons. The SMILES string of the molecule is C[C@@H](Oc1ccc(Oc2ccc(C(F)(F)F)cn2)cc1)C(=O)O.Cl. The Bertz CT molecular complexity index is 675. The highest BCUT2D eigenvalue weighted by atomic mass is 35.5. The van der Waals surface area contributed by atoms with Crippen molar-refractivity contribution in [3.05, 3.63) is 48.2 Å². The first kappa shape index (κ1) is 19.6. The second kappa shape index (κ2) is 7.87. The van der Waals surface area contributed by atoms with Crippen molar-refractivity contribution in [1.29, 1.82) is 0 Å². The highest BCUT2D eigenvalue weighted by Gasteiger charge is 2.30. The standard InChI is InChI=1S/C15H12F3NO4.ClH/c1-9(14(20)21)22-11-3-5-12(6-4-11)23-13-7-2-10(8-19-13)15(16,17)18;/h2-9H,1H3,(H,20,21);1H/t9-;/m1./s1. The minimum absolute atomic E-state index is 0. The molecule has 1 aromatic heterocycles. The molecule has 0 spiro atoms. The van der Waals surface area contributed by atoms with Gasteiger partial charge in [0.1, 0.15) is 11.5 Å². The van der Waals surface area contributed by atoms with Gasteiger partial charge in [0.15, 0.2) is 6.10 Å². The molecule has 2 aromatic rings. The molecule has 9 heteroatoms. The van der Waals surface area contributed by atoms with Crippen molar-refractivity contribution in [2.24, 2.45) is 0 Å². The molecule has 130 valence electrons. The summed E-state index contributed by atoms with van der Waals surface area (Å²) >= 11 is 0. The van der Waals surface area contributed by atoms with Crippen LogP contribution in [0.5, 0.6) is 17.4 Å². The van der Waals surface area contributed by atoms with Crippen LogP contribution in [0.1, 0.15) is 12.5 Å². The van der Waals surface area contributed by atoms with Crippen molar-refractivity contribution < 1.29 is 32.5 Å². The molecule has 1 N–H and O–H groups in total. The maximum atomic E-state index is 12.4. The number of nitrogens with zero attached hydrogens (tertiary/aromatic N) is 1. The molecular formula is C15H13ClF3NO4. The number of benzene rings is 1. The van der Waals surface area contributed by atoms with Crippen LogP contribution >= 0.6 is 12.4 Å². The van der Waals surface area contributed by atoms with Crippen molar-refractivity contribution in [1.82, 2.24) is 4.98 Å². The second-order valence-corrected chi connectivity index (χ2v) is 4.55. The molecule has 2 rings (SSSR count). The van der Waals surface area contributed by atoms with Gasteiger partial charge in [0.2, 0.25) is 5.88 Å². The number of hydrogen-bond acceptors (Lipinski definition) is 4. The third-order valence-corrected chi connectivity index (χ3v) is 2.77. The molecule has 0 saturated heterocycles. The van der Waals surface area contributed by atoms with Gasteiger partial charge in [-0.15, -0.1) is 12.4 Å². The number of carboxylic acids is 1. The van der Waals surface area contributed by atoms with E-state index in [1.54, 1.807) is 0 Å². The average molecular weight is 364 g/mol. The Kier molecular flexibility index (Phi) is 6.42. The maximum Gasteiger partial charge on any atom is 0.417 e. The largest absolute Gasteiger partial charge is 0.479 e. The van der Waals surface area contributed by atoms with Gasteiger partial charge in [0, 0.05) is 12.3 Å². The Morgan fingerprint density at radius 1 is 1.12 bits per heavy atom. The van der Waals surface area contributed by atoms with E-state index in [0.717, 1.165) is 12.1 Å². The highest BCUT2D eigenvalue weighted by Crippen LogP contribution is 2.30. The first-order valence-electron chi connectivity index (χ1n) is 6.46. The smallest absolute Gasteiger partial charge is 0.417 e. The maximum absolute atomic E-state index is 12.4. The van der Waals surface area contributed by atoms with Gasteiger partial charge in [-0.1, -0.05) is 0 Å². The van der Waals surface area contributed by atoms with E-state index in [0.29, 0.717) is 17.7 Å². The molecule has 0 saturated carbocycles. The number of halogens is 4. The van der Waals surface area contributed by atoms with Crippen LogP contribution in [-0.4, -0.2) is 22.2 Å². The third kappa shape index (κ3) is 5.31. The van der Waals surface area contributed by atoms with E-state index in [2.05, 4.69) is 4.98 Å². The van der Waals surface area contributed by atoms with Gasteiger partial charge in [-0.2, -0.15) is 13.2 Å². The molecular weight excluding hydrogens is 351 g/mol. The van der Waals surface area contributed by atoms with E-state index < -0.39 is 23.8 Å². The minimum atomic E-state index is -4.45. The number of carboxylic acid groups (broad SMARTS) is 1. The normalized spacial score (nSPS) is 12.0. The summed E-state index contributed by atoms with van der Waals surface area (Å²) in [5.74, 6) is -0.440. The minimum Gasteiger partial charge on any atom is -0.479 e. The van der Waals surface area contributed by atoms with Gasteiger partial charge < -0.3 is 14.6 Å². The van der Waals surface area contributed by atoms with Gasteiger partial charge >= 0.3 is 12.1 Å². The van der Waals surface area contributed by atoms with Crippen molar-refractivity contribution in [3.8, 4) is 17.4 Å². The Labute approximate surface area is 141 Å². The Hall–Kier alpha value is -2.48. The molecule has 0 unspecified atom stereocenters. The van der Waals surface area contributed by atoms with Crippen LogP contribution in [0.15, 0.2) is 42.6 Å². The van der Waals surface area contributed by atoms with E-state index in [-0.39, 0.29) is 18.3 Å². The number of alkyl halides is 3. The Morgan fingerprint density at radius 3 is 2.17 bits per heavy atom. The zero-order valence-corrected chi connectivity index (χ0v) is 13.1. The fraction of sp³-hybridized carbons (Fsp3) is 0.200. The van der Waals surface area contributed by atoms with Gasteiger partial charge in [-0.05, 0) is 37.3 Å². The summed E-state index contributed by atoms with van der Waals surface area (Å²) in [6, 6.07) is 7.93. The summed E-state index contributed by atoms with van der Waals surface area (Å²) in [5.41, 5.74) is -0.865. The van der Waals surface area contributed by atoms with Crippen LogP contribution in [-0.2, 0) is 11.0 Å². The van der Waals surface area contributed by atoms with Crippen molar-refractivity contribution in [2.75, 3.05) is 0 Å². The fourth-order valence-electron chi connectivity index (χ4n) is 1.57. The molecule has 0 aliphatic rings. The van der Waals surface area contributed by atoms with Crippen molar-refractivity contribution in [2.45, 2.75) is 19.2 Å². The molecule has 0 fully saturated rings. The lowest BCUT2D eigenvalue weighted by Crippen LogP contribution is -2.22. The summed E-state index contributed by atoms with van der Waals surface area (Å²) in [7, 11) is 0. The van der Waals surface area contributed by atoms with Crippen LogP contribution in [0.3, 0.4) is 0 Å². The Morgan fingerprint density at radius 2 is 1.71 bits per heavy atom. The number of hydrogen-bond donors (Lipinski definition) is 1. The number of pyridine rings is 1. The molecule has 0 aliphatic carbocycles. The first-order valence-corrected chi connectivity index (χ1v) is 6.46. The lowest BCUT2D eigenvalue weighted by Gasteiger charge is -2.11. The van der Waals surface area contributed by atoms with Crippen LogP contribution in [0.2, 0.25) is 0 Å². The topological polar surface area (TPSA) is 68.7 Å². The second-order valence-electron chi connectivity index (χ2n) is 4.55. The molecule has 1 atom stereocenters. The van der Waals surface area contributed by atoms with Crippen molar-refractivity contribution in [3.63, 3.8) is 0 Å². The van der Waals surface area contributed by atoms with Crippen LogP contribution in [0, 0.1) is 0 Å². The zero-order chi connectivity index (χ0) is 17.0. The molecule has 24 heavy (non-hydrogen) atoms. The third-order valence-electron chi connectivity index (χ3n) is 2.77. The van der Waals surface area contributed by atoms with E-state index in [1.165, 1.54) is 31.2 Å². The van der Waals surface area contributed by atoms with E-state index >= 15 is 0 Å². The predicted octanol–water partition coefficient (Wildman–Crippen LogP) is 4.17. The van der Waals surface area contributed by atoms with E-state index in [9.17, 15) is 18.0 Å². The van der Waals surface area contributed by atoms with E-state index in [4.69, 9.17) is 14.6 Å². The van der Waals surface area contributed by atoms with Crippen LogP contribution in [0.25, 0.3) is 0 Å². The van der Waals surface area contributed by atoms with Gasteiger partial charge in [-0.25, -0.2) is 9.78 Å². The molecule has 1 aromatic carbocycles. The molecule has 0 aliphatic heterocycles. The summed E-state index contributed by atoms with van der Waals surface area (Å²) < 4.78 is 47.7. The highest BCUT2D eigenvalue weighted by molar-refractivity contribution is 5.85. The lowest BCUT2D eigenvalue weighted by molar-refractivity contribution is -0.144. The monoisotopic (exact) mass is 363 g/mol. The number of aliphatic carboxylic acids is 1. The average Bonchev–Trinajstić information content (AvgIpc) is 2.49. The molecule has 1 heterocycles. The predicted molar refractivity (Wildman–Crippen MR) is 80.7 cm³/mol.